The Morgan fingerprint density at radius 3 is 2.01 bits per heavy atom. The molecule has 22 heteroatoms. The van der Waals surface area contributed by atoms with E-state index in [-0.39, 0.29) is 68.0 Å². The second-order valence-corrected chi connectivity index (χ2v) is 20.2. The molecule has 7 atom stereocenters. The summed E-state index contributed by atoms with van der Waals surface area (Å²) in [6.45, 7) is 9.49. The summed E-state index contributed by atoms with van der Waals surface area (Å²) in [6.07, 6.45) is -1.30. The zero-order valence-electron chi connectivity index (χ0n) is 42.6. The second kappa shape index (κ2) is 23.7. The first kappa shape index (κ1) is 54.2. The van der Waals surface area contributed by atoms with Gasteiger partial charge in [0, 0.05) is 55.5 Å². The Morgan fingerprint density at radius 2 is 1.41 bits per heavy atom. The lowest BCUT2D eigenvalue weighted by molar-refractivity contribution is -0.0781. The Balaban J connectivity index is 1.09. The average molecular weight is 1050 g/mol. The maximum atomic E-state index is 13.6. The fourth-order valence-corrected chi connectivity index (χ4v) is 11.4. The molecule has 396 valence electrons. The molecule has 2 aliphatic rings. The Kier molecular flexibility index (Phi) is 17.1. The third-order valence-corrected chi connectivity index (χ3v) is 15.4. The summed E-state index contributed by atoms with van der Waals surface area (Å²) in [5.74, 6) is 1.28. The number of nitrogens with one attached hydrogen (secondary N) is 4. The molecular weight excluding hydrogens is 988 g/mol. The molecule has 4 heterocycles. The van der Waals surface area contributed by atoms with E-state index in [2.05, 4.69) is 26.7 Å². The van der Waals surface area contributed by atoms with E-state index in [9.17, 15) is 34.0 Å². The molecule has 0 aliphatic carbocycles. The number of hydrogen-bond acceptors (Lipinski definition) is 17. The van der Waals surface area contributed by atoms with Crippen molar-refractivity contribution in [1.82, 2.24) is 23.8 Å². The van der Waals surface area contributed by atoms with Gasteiger partial charge in [-0.2, -0.15) is 5.26 Å². The van der Waals surface area contributed by atoms with Gasteiger partial charge < -0.3 is 43.4 Å². The van der Waals surface area contributed by atoms with Crippen LogP contribution in [0.25, 0.3) is 0 Å². The molecule has 0 radical (unpaired) electrons. The zero-order chi connectivity index (χ0) is 53.6. The summed E-state index contributed by atoms with van der Waals surface area (Å²) in [6, 6.07) is 27.1. The van der Waals surface area contributed by atoms with Gasteiger partial charge in [0.15, 0.2) is 6.23 Å². The number of methoxy groups -OCH3 is 2. The lowest BCUT2D eigenvalue weighted by atomic mass is 9.80. The third-order valence-electron chi connectivity index (χ3n) is 13.2. The predicted molar refractivity (Wildman–Crippen MR) is 280 cm³/mol. The number of anilines is 2. The molecule has 21 nitrogen and oxygen atoms in total. The SMILES string of the molecule is COc1ccc(C(OC[C@@H]2C[C@@H](Nc3c(NC[C@H]4O[C@@H](n5cc(C)c(=O)[nH]c5=O)C[C@@H]4OP(OCCC#N)N(C(C)C)C(C)C)c(=O)c3=O)[C@H](n3ccc(=O)[nH]c3=O)O2)(c2ccccc2)c2ccc(OC)cc2)cc1. The van der Waals surface area contributed by atoms with Crippen molar-refractivity contribution in [3.63, 3.8) is 0 Å². The van der Waals surface area contributed by atoms with Gasteiger partial charge in [-0.05, 0) is 75.6 Å². The molecule has 4 N–H and O–H groups in total. The van der Waals surface area contributed by atoms with Crippen LogP contribution in [-0.2, 0) is 28.9 Å². The van der Waals surface area contributed by atoms with Crippen LogP contribution in [0.3, 0.4) is 0 Å². The molecule has 2 aliphatic heterocycles. The highest BCUT2D eigenvalue weighted by molar-refractivity contribution is 7.44. The minimum absolute atomic E-state index is 0.0373. The van der Waals surface area contributed by atoms with Crippen LogP contribution in [0.15, 0.2) is 126 Å². The second-order valence-electron chi connectivity index (χ2n) is 18.8. The molecule has 2 aromatic heterocycles. The minimum atomic E-state index is -1.80. The fraction of sp³-hybridized carbons (Fsp3) is 0.415. The van der Waals surface area contributed by atoms with Crippen molar-refractivity contribution >= 4 is 19.9 Å². The average Bonchev–Trinajstić information content (AvgIpc) is 4.00. The van der Waals surface area contributed by atoms with E-state index in [1.807, 2.05) is 111 Å². The highest BCUT2D eigenvalue weighted by atomic mass is 31.2. The number of H-pyrrole nitrogens is 2. The molecule has 4 aromatic carbocycles. The summed E-state index contributed by atoms with van der Waals surface area (Å²) >= 11 is 0. The maximum absolute atomic E-state index is 13.6. The van der Waals surface area contributed by atoms with Gasteiger partial charge in [-0.3, -0.25) is 38.3 Å². The third kappa shape index (κ3) is 11.6. The molecular formula is C53H61N8O13P. The van der Waals surface area contributed by atoms with E-state index in [1.54, 1.807) is 21.1 Å². The van der Waals surface area contributed by atoms with Gasteiger partial charge >= 0.3 is 11.4 Å². The molecule has 0 bridgehead atoms. The Morgan fingerprint density at radius 1 is 0.800 bits per heavy atom. The Hall–Kier alpha value is -7.02. The highest BCUT2D eigenvalue weighted by Crippen LogP contribution is 2.50. The van der Waals surface area contributed by atoms with Gasteiger partial charge in [0.25, 0.3) is 30.5 Å². The van der Waals surface area contributed by atoms with Crippen LogP contribution in [-0.4, -0.2) is 94.2 Å². The van der Waals surface area contributed by atoms with Gasteiger partial charge in [-0.15, -0.1) is 0 Å². The fourth-order valence-electron chi connectivity index (χ4n) is 9.63. The zero-order valence-corrected chi connectivity index (χ0v) is 43.5. The normalized spacial score (nSPS) is 20.2. The first-order chi connectivity index (χ1) is 36.1. The standard InChI is InChI=1S/C53H61N8O13P/c1-31(2)61(32(3)4)75(71-25-11-23-54)74-41-27-44(60-29-33(5)49(65)58-52(60)67)73-42(41)28-55-45-46(48(64)47(45)63)56-40-26-39(72-50(40)59-24-22-43(62)57-51(59)66)30-70-53(34-12-9-8-10-13-34,35-14-18-37(68-6)19-15-35)36-16-20-38(69-7)21-17-36/h8-10,12-22,24,29,31-32,39-42,44,50,55-56H,11,25-28,30H2,1-7H3,(H,57,62,66)(H,58,65,67)/t39-,40+,41-,42+,44+,50+,75?/m0/s1. The highest BCUT2D eigenvalue weighted by Gasteiger charge is 2.45. The first-order valence-corrected chi connectivity index (χ1v) is 25.7. The summed E-state index contributed by atoms with van der Waals surface area (Å²) in [5.41, 5.74) is -2.99. The molecule has 0 saturated carbocycles. The van der Waals surface area contributed by atoms with E-state index in [0.29, 0.717) is 11.5 Å². The molecule has 6 aromatic rings. The van der Waals surface area contributed by atoms with Crippen LogP contribution in [0, 0.1) is 18.3 Å². The van der Waals surface area contributed by atoms with Gasteiger partial charge in [0.05, 0.1) is 58.2 Å². The van der Waals surface area contributed by atoms with Crippen molar-refractivity contribution < 1.29 is 32.7 Å². The van der Waals surface area contributed by atoms with Crippen molar-refractivity contribution in [3.05, 3.63) is 182 Å². The number of hydrogen-bond donors (Lipinski definition) is 4. The van der Waals surface area contributed by atoms with Crippen LogP contribution in [0.5, 0.6) is 11.5 Å². The van der Waals surface area contributed by atoms with Crippen LogP contribution < -0.4 is 53.5 Å². The van der Waals surface area contributed by atoms with Crippen LogP contribution in [0.1, 0.15) is 81.7 Å². The van der Waals surface area contributed by atoms with Crippen LogP contribution >= 0.6 is 8.53 Å². The largest absolute Gasteiger partial charge is 0.497 e. The molecule has 0 spiro atoms. The van der Waals surface area contributed by atoms with E-state index in [0.717, 1.165) is 16.7 Å². The smallest absolute Gasteiger partial charge is 0.330 e. The summed E-state index contributed by atoms with van der Waals surface area (Å²) in [7, 11) is 1.37. The minimum Gasteiger partial charge on any atom is -0.497 e. The molecule has 8 rings (SSSR count). The van der Waals surface area contributed by atoms with E-state index >= 15 is 0 Å². The summed E-state index contributed by atoms with van der Waals surface area (Å²) in [5, 5.41) is 15.6. The number of benzene rings is 3. The van der Waals surface area contributed by atoms with Gasteiger partial charge in [-0.25, -0.2) is 14.3 Å². The Bertz CT molecular complexity index is 3220. The molecule has 2 saturated heterocycles. The van der Waals surface area contributed by atoms with E-state index in [1.165, 1.54) is 27.6 Å². The molecule has 2 fully saturated rings. The maximum Gasteiger partial charge on any atom is 0.330 e. The van der Waals surface area contributed by atoms with Gasteiger partial charge in [-0.1, -0.05) is 54.6 Å². The molecule has 75 heavy (non-hydrogen) atoms. The van der Waals surface area contributed by atoms with Crippen molar-refractivity contribution in [1.29, 1.82) is 5.26 Å². The number of rotatable bonds is 23. The van der Waals surface area contributed by atoms with Gasteiger partial charge in [0.2, 0.25) is 0 Å². The lowest BCUT2D eigenvalue weighted by Crippen LogP contribution is -2.44. The monoisotopic (exact) mass is 1050 g/mol. The van der Waals surface area contributed by atoms with Crippen molar-refractivity contribution in [2.45, 2.75) is 108 Å². The number of aryl methyl sites for hydroxylation is 1. The van der Waals surface area contributed by atoms with Crippen LogP contribution in [0.4, 0.5) is 11.4 Å². The number of nitrogens with zero attached hydrogens (tertiary/aromatic N) is 4. The summed E-state index contributed by atoms with van der Waals surface area (Å²) < 4.78 is 48.8. The number of ether oxygens (including phenoxy) is 5. The molecule has 1 unspecified atom stereocenters. The first-order valence-electron chi connectivity index (χ1n) is 24.6. The number of nitriles is 1. The van der Waals surface area contributed by atoms with Crippen molar-refractivity contribution in [2.24, 2.45) is 0 Å². The van der Waals surface area contributed by atoms with Gasteiger partial charge in [0.1, 0.15) is 40.8 Å². The number of aromatic amines is 2. The number of aromatic nitrogens is 4. The Labute approximate surface area is 432 Å². The summed E-state index contributed by atoms with van der Waals surface area (Å²) in [4.78, 5) is 83.0. The lowest BCUT2D eigenvalue weighted by Gasteiger charge is -2.37. The van der Waals surface area contributed by atoms with E-state index in [4.69, 9.17) is 32.7 Å². The van der Waals surface area contributed by atoms with E-state index < -0.39 is 84.3 Å². The molecule has 0 amide bonds. The predicted octanol–water partition coefficient (Wildman–Crippen LogP) is 5.15. The van der Waals surface area contributed by atoms with Crippen molar-refractivity contribution in [3.8, 4) is 17.6 Å². The quantitative estimate of drug-likeness (QED) is 0.0280. The topological polar surface area (TPSA) is 260 Å². The van der Waals surface area contributed by atoms with Crippen molar-refractivity contribution in [2.75, 3.05) is 44.6 Å². The van der Waals surface area contributed by atoms with Crippen LogP contribution in [0.2, 0.25) is 0 Å².